The molecule has 220 valence electrons. The highest BCUT2D eigenvalue weighted by Crippen LogP contribution is 2.75. The van der Waals surface area contributed by atoms with Crippen molar-refractivity contribution in [2.24, 2.45) is 45.3 Å². The van der Waals surface area contributed by atoms with Gasteiger partial charge in [0, 0.05) is 11.6 Å². The van der Waals surface area contributed by atoms with Gasteiger partial charge in [-0.25, -0.2) is 0 Å². The third kappa shape index (κ3) is 4.73. The summed E-state index contributed by atoms with van der Waals surface area (Å²) in [5, 5.41) is 38.9. The molecule has 0 radical (unpaired) electrons. The Labute approximate surface area is 242 Å². The molecule has 5 heteroatoms. The van der Waals surface area contributed by atoms with Crippen LogP contribution in [0.3, 0.4) is 0 Å². The molecule has 1 aromatic carbocycles. The van der Waals surface area contributed by atoms with E-state index in [9.17, 15) is 15.3 Å². The molecule has 0 spiro atoms. The molecule has 1 aromatic rings. The molecule has 5 rings (SSSR count). The lowest BCUT2D eigenvalue weighted by atomic mass is 9.35. The van der Waals surface area contributed by atoms with E-state index < -0.39 is 5.60 Å². The molecule has 4 aliphatic rings. The molecule has 0 heterocycles. The third-order valence-electron chi connectivity index (χ3n) is 13.4. The van der Waals surface area contributed by atoms with Gasteiger partial charge in [-0.1, -0.05) is 58.4 Å². The van der Waals surface area contributed by atoms with E-state index in [4.69, 9.17) is 11.6 Å². The molecule has 0 aliphatic heterocycles. The lowest BCUT2D eigenvalue weighted by Gasteiger charge is -2.70. The topological polar surface area (TPSA) is 72.7 Å². The zero-order chi connectivity index (χ0) is 28.4. The van der Waals surface area contributed by atoms with Crippen molar-refractivity contribution in [2.75, 3.05) is 6.54 Å². The summed E-state index contributed by atoms with van der Waals surface area (Å²) < 4.78 is 0. The van der Waals surface area contributed by atoms with Crippen LogP contribution < -0.4 is 5.32 Å². The molecule has 4 nitrogen and oxygen atoms in total. The van der Waals surface area contributed by atoms with E-state index in [-0.39, 0.29) is 45.7 Å². The Morgan fingerprint density at radius 1 is 0.923 bits per heavy atom. The van der Waals surface area contributed by atoms with Crippen molar-refractivity contribution in [2.45, 2.75) is 124 Å². The van der Waals surface area contributed by atoms with Gasteiger partial charge in [0.1, 0.15) is 0 Å². The van der Waals surface area contributed by atoms with Crippen LogP contribution >= 0.6 is 11.6 Å². The standard InChI is InChI=1S/C34H54ClNO3/c1-30(2)26-13-18-32(4)27(31(26,3)16-14-28(30)38)20-25(37)29-24(12-17-33(29,32)5)34(6,39)15-7-19-36-21-22-8-10-23(35)11-9-22/h8-11,24-29,36-39H,7,12-21H2,1-6H3/t24-,25+,26?,27?,28-,29?,31-,32+,33+,34-/m0/s1. The van der Waals surface area contributed by atoms with Crippen LogP contribution in [0.4, 0.5) is 0 Å². The Morgan fingerprint density at radius 2 is 1.59 bits per heavy atom. The maximum Gasteiger partial charge on any atom is 0.0652 e. The van der Waals surface area contributed by atoms with Gasteiger partial charge in [-0.05, 0) is 134 Å². The van der Waals surface area contributed by atoms with E-state index >= 15 is 0 Å². The lowest BCUT2D eigenvalue weighted by Crippen LogP contribution is -2.66. The Hall–Kier alpha value is -0.650. The van der Waals surface area contributed by atoms with Crippen molar-refractivity contribution >= 4 is 11.6 Å². The Balaban J connectivity index is 1.28. The van der Waals surface area contributed by atoms with Crippen LogP contribution in [0, 0.1) is 45.3 Å². The molecule has 4 fully saturated rings. The summed E-state index contributed by atoms with van der Waals surface area (Å²) in [6, 6.07) is 7.94. The first-order valence-electron chi connectivity index (χ1n) is 15.7. The van der Waals surface area contributed by atoms with Crippen LogP contribution in [-0.2, 0) is 6.54 Å². The van der Waals surface area contributed by atoms with Gasteiger partial charge in [-0.3, -0.25) is 0 Å². The molecule has 0 amide bonds. The van der Waals surface area contributed by atoms with Crippen molar-refractivity contribution < 1.29 is 15.3 Å². The van der Waals surface area contributed by atoms with Crippen LogP contribution in [-0.4, -0.2) is 39.7 Å². The van der Waals surface area contributed by atoms with E-state index in [1.54, 1.807) is 0 Å². The summed E-state index contributed by atoms with van der Waals surface area (Å²) in [5.41, 5.74) is 0.648. The van der Waals surface area contributed by atoms with E-state index in [1.807, 2.05) is 31.2 Å². The summed E-state index contributed by atoms with van der Waals surface area (Å²) in [6.07, 6.45) is 8.22. The summed E-state index contributed by atoms with van der Waals surface area (Å²) in [6.45, 7) is 15.7. The number of aliphatic hydroxyl groups excluding tert-OH is 2. The molecular formula is C34H54ClNO3. The Kier molecular flexibility index (Phi) is 7.85. The van der Waals surface area contributed by atoms with Crippen LogP contribution in [0.15, 0.2) is 24.3 Å². The molecule has 3 unspecified atom stereocenters. The molecule has 0 aromatic heterocycles. The van der Waals surface area contributed by atoms with Crippen molar-refractivity contribution in [3.63, 3.8) is 0 Å². The summed E-state index contributed by atoms with van der Waals surface area (Å²) in [4.78, 5) is 0. The van der Waals surface area contributed by atoms with Crippen LogP contribution in [0.25, 0.3) is 0 Å². The number of hydrogen-bond donors (Lipinski definition) is 4. The number of rotatable bonds is 7. The first-order valence-corrected chi connectivity index (χ1v) is 16.1. The number of fused-ring (bicyclic) bond motifs is 5. The fourth-order valence-electron chi connectivity index (χ4n) is 11.0. The van der Waals surface area contributed by atoms with Crippen LogP contribution in [0.2, 0.25) is 5.02 Å². The quantitative estimate of drug-likeness (QED) is 0.272. The minimum Gasteiger partial charge on any atom is -0.393 e. The van der Waals surface area contributed by atoms with Crippen molar-refractivity contribution in [3.8, 4) is 0 Å². The molecule has 10 atom stereocenters. The normalized spacial score (nSPS) is 44.7. The molecule has 4 N–H and O–H groups in total. The van der Waals surface area contributed by atoms with Gasteiger partial charge < -0.3 is 20.6 Å². The second kappa shape index (κ2) is 10.3. The van der Waals surface area contributed by atoms with E-state index in [2.05, 4.69) is 39.9 Å². The van der Waals surface area contributed by atoms with Crippen LogP contribution in [0.5, 0.6) is 0 Å². The number of hydrogen-bond acceptors (Lipinski definition) is 4. The number of benzene rings is 1. The third-order valence-corrected chi connectivity index (χ3v) is 13.7. The average molecular weight is 560 g/mol. The van der Waals surface area contributed by atoms with Crippen molar-refractivity contribution in [1.82, 2.24) is 5.32 Å². The smallest absolute Gasteiger partial charge is 0.0652 e. The maximum atomic E-state index is 11.9. The fraction of sp³-hybridized carbons (Fsp3) is 0.824. The molecule has 4 aliphatic carbocycles. The first kappa shape index (κ1) is 29.8. The molecule has 0 bridgehead atoms. The number of nitrogens with one attached hydrogen (secondary N) is 1. The fourth-order valence-corrected chi connectivity index (χ4v) is 11.2. The molecule has 0 saturated heterocycles. The van der Waals surface area contributed by atoms with Crippen LogP contribution in [0.1, 0.15) is 105 Å². The predicted octanol–water partition coefficient (Wildman–Crippen LogP) is 6.98. The number of aliphatic hydroxyl groups is 3. The largest absolute Gasteiger partial charge is 0.393 e. The first-order chi connectivity index (χ1) is 18.2. The summed E-state index contributed by atoms with van der Waals surface area (Å²) in [7, 11) is 0. The highest BCUT2D eigenvalue weighted by atomic mass is 35.5. The van der Waals surface area contributed by atoms with Crippen molar-refractivity contribution in [3.05, 3.63) is 34.9 Å². The van der Waals surface area contributed by atoms with E-state index in [1.165, 1.54) is 5.56 Å². The maximum absolute atomic E-state index is 11.9. The summed E-state index contributed by atoms with van der Waals surface area (Å²) in [5.74, 6) is 1.20. The van der Waals surface area contributed by atoms with Gasteiger partial charge >= 0.3 is 0 Å². The second-order valence-electron chi connectivity index (χ2n) is 15.6. The Bertz CT molecular complexity index is 1030. The highest BCUT2D eigenvalue weighted by molar-refractivity contribution is 6.30. The molecule has 39 heavy (non-hydrogen) atoms. The van der Waals surface area contributed by atoms with Gasteiger partial charge in [0.05, 0.1) is 17.8 Å². The van der Waals surface area contributed by atoms with Gasteiger partial charge in [0.25, 0.3) is 0 Å². The number of halogens is 1. The average Bonchev–Trinajstić information content (AvgIpc) is 3.25. The van der Waals surface area contributed by atoms with E-state index in [0.29, 0.717) is 11.8 Å². The van der Waals surface area contributed by atoms with Gasteiger partial charge in [-0.15, -0.1) is 0 Å². The zero-order valence-corrected chi connectivity index (χ0v) is 26.0. The second-order valence-corrected chi connectivity index (χ2v) is 16.0. The van der Waals surface area contributed by atoms with Gasteiger partial charge in [-0.2, -0.15) is 0 Å². The molecule has 4 saturated carbocycles. The lowest BCUT2D eigenvalue weighted by molar-refractivity contribution is -0.246. The monoisotopic (exact) mass is 559 g/mol. The van der Waals surface area contributed by atoms with Gasteiger partial charge in [0.2, 0.25) is 0 Å². The van der Waals surface area contributed by atoms with E-state index in [0.717, 1.165) is 75.9 Å². The molecular weight excluding hydrogens is 506 g/mol. The minimum absolute atomic E-state index is 0.0189. The minimum atomic E-state index is -0.785. The zero-order valence-electron chi connectivity index (χ0n) is 25.3. The van der Waals surface area contributed by atoms with Crippen molar-refractivity contribution in [1.29, 1.82) is 0 Å². The SMILES string of the molecule is CC1(C)C2CC[C@]3(C)C(C[C@@H](O)C4[C@@H]([C@@](C)(O)CCCNCc5ccc(Cl)cc5)CC[C@]43C)[C@@]2(C)CC[C@@H]1O. The summed E-state index contributed by atoms with van der Waals surface area (Å²) >= 11 is 6.00. The highest BCUT2D eigenvalue weighted by Gasteiger charge is 2.71. The predicted molar refractivity (Wildman–Crippen MR) is 159 cm³/mol. The van der Waals surface area contributed by atoms with Gasteiger partial charge in [0.15, 0.2) is 0 Å². The Morgan fingerprint density at radius 3 is 2.28 bits per heavy atom.